The van der Waals surface area contributed by atoms with Gasteiger partial charge in [0.25, 0.3) is 5.91 Å². The van der Waals surface area contributed by atoms with E-state index in [0.29, 0.717) is 18.8 Å². The summed E-state index contributed by atoms with van der Waals surface area (Å²) in [6, 6.07) is -0.323. The lowest BCUT2D eigenvalue weighted by Crippen LogP contribution is -2.53. The summed E-state index contributed by atoms with van der Waals surface area (Å²) in [5, 5.41) is 11.2. The van der Waals surface area contributed by atoms with E-state index in [4.69, 9.17) is 14.0 Å². The topological polar surface area (TPSA) is 152 Å². The van der Waals surface area contributed by atoms with Crippen molar-refractivity contribution in [2.75, 3.05) is 26.9 Å². The molecule has 3 N–H and O–H groups in total. The number of Topliss-reactive ketones (excluding diaryl/α,β-unsaturated/α-hetero) is 1. The van der Waals surface area contributed by atoms with Gasteiger partial charge < -0.3 is 29.9 Å². The van der Waals surface area contributed by atoms with E-state index in [-0.39, 0.29) is 30.5 Å². The highest BCUT2D eigenvalue weighted by Crippen LogP contribution is 2.29. The predicted molar refractivity (Wildman–Crippen MR) is 135 cm³/mol. The summed E-state index contributed by atoms with van der Waals surface area (Å²) in [4.78, 5) is 49.6. The van der Waals surface area contributed by atoms with Crippen LogP contribution in [0.5, 0.6) is 0 Å². The molecule has 11 heteroatoms. The van der Waals surface area contributed by atoms with Crippen molar-refractivity contribution in [3.05, 3.63) is 17.5 Å². The Labute approximate surface area is 214 Å². The lowest BCUT2D eigenvalue weighted by Gasteiger charge is -2.22. The molecular formula is C25H44N4O7. The number of nitrogens with one attached hydrogen (secondary N) is 3. The number of nitrogens with zero attached hydrogens (tertiary/aromatic N) is 1. The van der Waals surface area contributed by atoms with Crippen molar-refractivity contribution >= 4 is 23.5 Å². The van der Waals surface area contributed by atoms with Crippen LogP contribution < -0.4 is 16.0 Å². The number of hydrogen-bond acceptors (Lipinski definition) is 8. The molecule has 0 spiro atoms. The summed E-state index contributed by atoms with van der Waals surface area (Å²) in [7, 11) is 1.38. The lowest BCUT2D eigenvalue weighted by atomic mass is 9.93. The minimum Gasteiger partial charge on any atom is -0.382 e. The molecule has 1 saturated heterocycles. The van der Waals surface area contributed by atoms with E-state index in [1.165, 1.54) is 19.6 Å². The number of epoxide rings is 1. The molecular weight excluding hydrogens is 468 g/mol. The minimum atomic E-state index is -1.05. The second kappa shape index (κ2) is 16.8. The first kappa shape index (κ1) is 33.2. The van der Waals surface area contributed by atoms with Crippen molar-refractivity contribution in [1.82, 2.24) is 21.1 Å². The first-order valence-electron chi connectivity index (χ1n) is 12.5. The Morgan fingerprint density at radius 2 is 1.72 bits per heavy atom. The molecule has 1 aromatic heterocycles. The quantitative estimate of drug-likeness (QED) is 0.360. The van der Waals surface area contributed by atoms with E-state index < -0.39 is 35.4 Å². The summed E-state index contributed by atoms with van der Waals surface area (Å²) in [5.74, 6) is -1.31. The van der Waals surface area contributed by atoms with Crippen LogP contribution in [0.3, 0.4) is 0 Å². The standard InChI is InChI=1S/C20H30N4O7.C3H8.C2H6/c1-11(2)6-13(17(26)20(4)10-30-20)22-16(25)8-21-18(27)15(9-29-5)23-19(28)14-7-12(3)31-24-14;1-3-2;1-2/h7,11,13,15H,6,8-10H2,1-5H3,(H,21,27)(H,22,25)(H,23,28);3H2,1-2H3;1-2H3/t13-,15?,20?;;/m0../s1. The molecule has 206 valence electrons. The average molecular weight is 513 g/mol. The zero-order valence-electron chi connectivity index (χ0n) is 23.1. The Morgan fingerprint density at radius 1 is 1.14 bits per heavy atom. The third kappa shape index (κ3) is 11.8. The van der Waals surface area contributed by atoms with E-state index in [2.05, 4.69) is 35.0 Å². The number of hydrogen-bond donors (Lipinski definition) is 3. The van der Waals surface area contributed by atoms with Gasteiger partial charge in [0.05, 0.1) is 25.8 Å². The Kier molecular flexibility index (Phi) is 15.5. The monoisotopic (exact) mass is 512 g/mol. The smallest absolute Gasteiger partial charge is 0.274 e. The normalized spacial score (nSPS) is 17.4. The molecule has 36 heavy (non-hydrogen) atoms. The molecule has 1 aliphatic heterocycles. The second-order valence-corrected chi connectivity index (χ2v) is 8.86. The highest BCUT2D eigenvalue weighted by Gasteiger charge is 2.50. The number of ketones is 1. The van der Waals surface area contributed by atoms with E-state index in [1.54, 1.807) is 13.8 Å². The molecule has 2 heterocycles. The maximum Gasteiger partial charge on any atom is 0.274 e. The Hall–Kier alpha value is -2.79. The number of amides is 3. The van der Waals surface area contributed by atoms with Gasteiger partial charge in [0, 0.05) is 13.2 Å². The van der Waals surface area contributed by atoms with Crippen LogP contribution in [0.2, 0.25) is 0 Å². The van der Waals surface area contributed by atoms with Crippen LogP contribution in [0, 0.1) is 12.8 Å². The van der Waals surface area contributed by atoms with Gasteiger partial charge in [-0.25, -0.2) is 0 Å². The van der Waals surface area contributed by atoms with Crippen LogP contribution in [0.4, 0.5) is 0 Å². The SMILES string of the molecule is CC.CCC.COCC(NC(=O)c1cc(C)on1)C(=O)NCC(=O)N[C@@H](CC(C)C)C(=O)C1(C)CO1. The average Bonchev–Trinajstić information content (AvgIpc) is 3.43. The van der Waals surface area contributed by atoms with Crippen molar-refractivity contribution in [2.45, 2.75) is 85.9 Å². The number of methoxy groups -OCH3 is 1. The largest absolute Gasteiger partial charge is 0.382 e. The van der Waals surface area contributed by atoms with Crippen LogP contribution >= 0.6 is 0 Å². The van der Waals surface area contributed by atoms with Crippen LogP contribution in [-0.4, -0.2) is 73.2 Å². The predicted octanol–water partition coefficient (Wildman–Crippen LogP) is 2.18. The lowest BCUT2D eigenvalue weighted by molar-refractivity contribution is -0.131. The highest BCUT2D eigenvalue weighted by atomic mass is 16.6. The summed E-state index contributed by atoms with van der Waals surface area (Å²) in [6.45, 7) is 15.3. The van der Waals surface area contributed by atoms with E-state index in [9.17, 15) is 19.2 Å². The van der Waals surface area contributed by atoms with Gasteiger partial charge in [-0.05, 0) is 26.2 Å². The van der Waals surface area contributed by atoms with Gasteiger partial charge in [-0.1, -0.05) is 53.1 Å². The molecule has 2 rings (SSSR count). The Bertz CT molecular complexity index is 834. The summed E-state index contributed by atoms with van der Waals surface area (Å²) in [6.07, 6.45) is 1.71. The fraction of sp³-hybridized carbons (Fsp3) is 0.720. The zero-order valence-corrected chi connectivity index (χ0v) is 23.1. The molecule has 0 aromatic carbocycles. The van der Waals surface area contributed by atoms with Gasteiger partial charge >= 0.3 is 0 Å². The van der Waals surface area contributed by atoms with Gasteiger partial charge in [-0.2, -0.15) is 0 Å². The number of carbonyl (C=O) groups excluding carboxylic acids is 4. The van der Waals surface area contributed by atoms with Crippen LogP contribution in [0.25, 0.3) is 0 Å². The Morgan fingerprint density at radius 3 is 2.17 bits per heavy atom. The zero-order chi connectivity index (χ0) is 27.9. The van der Waals surface area contributed by atoms with Crippen LogP contribution in [0.15, 0.2) is 10.6 Å². The number of rotatable bonds is 12. The molecule has 1 aliphatic rings. The van der Waals surface area contributed by atoms with Crippen LogP contribution in [-0.2, 0) is 23.9 Å². The molecule has 3 amide bonds. The van der Waals surface area contributed by atoms with Crippen LogP contribution in [0.1, 0.15) is 77.6 Å². The highest BCUT2D eigenvalue weighted by molar-refractivity contribution is 5.98. The molecule has 0 bridgehead atoms. The van der Waals surface area contributed by atoms with Crippen molar-refractivity contribution in [2.24, 2.45) is 5.92 Å². The maximum absolute atomic E-state index is 12.6. The number of ether oxygens (including phenoxy) is 2. The van der Waals surface area contributed by atoms with Crippen molar-refractivity contribution in [1.29, 1.82) is 0 Å². The van der Waals surface area contributed by atoms with Crippen molar-refractivity contribution in [3.8, 4) is 0 Å². The number of aryl methyl sites for hydroxylation is 1. The fourth-order valence-electron chi connectivity index (χ4n) is 2.91. The first-order valence-corrected chi connectivity index (χ1v) is 12.5. The van der Waals surface area contributed by atoms with E-state index in [1.807, 2.05) is 27.7 Å². The summed E-state index contributed by atoms with van der Waals surface area (Å²) in [5.41, 5.74) is -0.835. The molecule has 0 radical (unpaired) electrons. The number of carbonyl (C=O) groups is 4. The third-order valence-electron chi connectivity index (χ3n) is 4.70. The molecule has 3 atom stereocenters. The molecule has 1 aromatic rings. The van der Waals surface area contributed by atoms with Crippen molar-refractivity contribution < 1.29 is 33.2 Å². The molecule has 0 saturated carbocycles. The van der Waals surface area contributed by atoms with Gasteiger partial charge in [0.2, 0.25) is 11.8 Å². The van der Waals surface area contributed by atoms with Gasteiger partial charge in [-0.15, -0.1) is 0 Å². The molecule has 1 fully saturated rings. The van der Waals surface area contributed by atoms with Crippen molar-refractivity contribution in [3.63, 3.8) is 0 Å². The Balaban J connectivity index is 0.00000227. The maximum atomic E-state index is 12.6. The second-order valence-electron chi connectivity index (χ2n) is 8.86. The molecule has 0 aliphatic carbocycles. The van der Waals surface area contributed by atoms with Gasteiger partial charge in [0.1, 0.15) is 17.4 Å². The van der Waals surface area contributed by atoms with Gasteiger partial charge in [0.15, 0.2) is 11.5 Å². The third-order valence-corrected chi connectivity index (χ3v) is 4.70. The summed E-state index contributed by atoms with van der Waals surface area (Å²) < 4.78 is 15.0. The summed E-state index contributed by atoms with van der Waals surface area (Å²) >= 11 is 0. The van der Waals surface area contributed by atoms with Gasteiger partial charge in [-0.3, -0.25) is 19.2 Å². The van der Waals surface area contributed by atoms with E-state index >= 15 is 0 Å². The molecule has 11 nitrogen and oxygen atoms in total. The first-order chi connectivity index (χ1) is 17.0. The molecule has 2 unspecified atom stereocenters. The number of aromatic nitrogens is 1. The van der Waals surface area contributed by atoms with E-state index in [0.717, 1.165) is 0 Å². The fourth-order valence-corrected chi connectivity index (χ4v) is 2.91. The minimum absolute atomic E-state index is 0.0231.